The molecule has 1 N–H and O–H groups in total. The molecule has 2 atom stereocenters. The van der Waals surface area contributed by atoms with Crippen molar-refractivity contribution in [1.29, 1.82) is 0 Å². The lowest BCUT2D eigenvalue weighted by atomic mass is 9.91. The van der Waals surface area contributed by atoms with Crippen molar-refractivity contribution in [3.8, 4) is 5.75 Å². The van der Waals surface area contributed by atoms with E-state index in [1.165, 1.54) is 5.56 Å². The van der Waals surface area contributed by atoms with Gasteiger partial charge in [-0.1, -0.05) is 6.07 Å². The first-order valence-electron chi connectivity index (χ1n) is 7.03. The van der Waals surface area contributed by atoms with Gasteiger partial charge in [-0.25, -0.2) is 0 Å². The highest BCUT2D eigenvalue weighted by atomic mass is 79.9. The van der Waals surface area contributed by atoms with Gasteiger partial charge in [0.05, 0.1) is 17.5 Å². The van der Waals surface area contributed by atoms with Crippen molar-refractivity contribution in [3.63, 3.8) is 0 Å². The predicted molar refractivity (Wildman–Crippen MR) is 80.6 cm³/mol. The van der Waals surface area contributed by atoms with E-state index in [0.29, 0.717) is 6.04 Å². The van der Waals surface area contributed by atoms with E-state index in [-0.39, 0.29) is 11.8 Å². The first kappa shape index (κ1) is 13.9. The Balaban J connectivity index is 1.74. The van der Waals surface area contributed by atoms with Gasteiger partial charge in [-0.05, 0) is 53.0 Å². The van der Waals surface area contributed by atoms with Crippen LogP contribution < -0.4 is 10.1 Å². The Labute approximate surface area is 127 Å². The summed E-state index contributed by atoms with van der Waals surface area (Å²) in [6.07, 6.45) is 2.13. The summed E-state index contributed by atoms with van der Waals surface area (Å²) in [6.45, 7) is 2.75. The third-order valence-corrected chi connectivity index (χ3v) is 4.94. The van der Waals surface area contributed by atoms with Crippen LogP contribution in [0, 0.1) is 5.92 Å². The summed E-state index contributed by atoms with van der Waals surface area (Å²) in [7, 11) is 1.67. The molecule has 2 heterocycles. The normalized spacial score (nSPS) is 26.2. The van der Waals surface area contributed by atoms with E-state index in [0.717, 1.165) is 42.7 Å². The molecule has 3 rings (SSSR count). The largest absolute Gasteiger partial charge is 0.496 e. The quantitative estimate of drug-likeness (QED) is 0.918. The van der Waals surface area contributed by atoms with E-state index in [2.05, 4.69) is 38.3 Å². The third kappa shape index (κ3) is 2.56. The fourth-order valence-corrected chi connectivity index (χ4v) is 3.87. The van der Waals surface area contributed by atoms with E-state index in [9.17, 15) is 4.79 Å². The molecule has 108 valence electrons. The first-order valence-corrected chi connectivity index (χ1v) is 7.82. The molecule has 0 spiro atoms. The van der Waals surface area contributed by atoms with E-state index in [1.807, 2.05) is 6.07 Å². The Morgan fingerprint density at radius 1 is 1.50 bits per heavy atom. The zero-order valence-corrected chi connectivity index (χ0v) is 13.1. The summed E-state index contributed by atoms with van der Waals surface area (Å²) in [4.78, 5) is 14.2. The topological polar surface area (TPSA) is 41.6 Å². The molecular weight excluding hydrogens is 320 g/mol. The minimum Gasteiger partial charge on any atom is -0.496 e. The lowest BCUT2D eigenvalue weighted by Gasteiger charge is -2.35. The van der Waals surface area contributed by atoms with Crippen molar-refractivity contribution in [2.75, 3.05) is 20.2 Å². The number of likely N-dealkylation sites (tertiary alicyclic amines) is 1. The molecule has 0 aromatic heterocycles. The molecule has 2 aliphatic heterocycles. The highest BCUT2D eigenvalue weighted by Gasteiger charge is 2.40. The minimum absolute atomic E-state index is 0.186. The molecule has 2 saturated heterocycles. The van der Waals surface area contributed by atoms with Gasteiger partial charge in [-0.15, -0.1) is 0 Å². The number of hydrogen-bond acceptors (Lipinski definition) is 3. The molecule has 0 saturated carbocycles. The summed E-state index contributed by atoms with van der Waals surface area (Å²) < 4.78 is 6.24. The average molecular weight is 339 g/mol. The zero-order valence-electron chi connectivity index (χ0n) is 11.6. The molecule has 2 unspecified atom stereocenters. The summed E-state index contributed by atoms with van der Waals surface area (Å²) in [5, 5.41) is 3.00. The Hall–Kier alpha value is -1.07. The number of hydrogen-bond donors (Lipinski definition) is 1. The number of rotatable bonds is 3. The summed E-state index contributed by atoms with van der Waals surface area (Å²) in [6, 6.07) is 6.54. The van der Waals surface area contributed by atoms with Gasteiger partial charge in [-0.2, -0.15) is 0 Å². The molecule has 5 heteroatoms. The first-order chi connectivity index (χ1) is 9.69. The Morgan fingerprint density at radius 3 is 3.10 bits per heavy atom. The number of nitrogens with one attached hydrogen (secondary N) is 1. The van der Waals surface area contributed by atoms with Crippen LogP contribution in [0.25, 0.3) is 0 Å². The fraction of sp³-hybridized carbons (Fsp3) is 0.533. The molecule has 0 aliphatic carbocycles. The standard InChI is InChI=1S/C15H19BrN2O2/c1-20-14-5-4-10(7-12(14)16)9-18-6-2-3-11-13(18)8-17-15(11)19/h4-5,7,11,13H,2-3,6,8-9H2,1H3,(H,17,19). The van der Waals surface area contributed by atoms with Crippen molar-refractivity contribution in [2.45, 2.75) is 25.4 Å². The number of ether oxygens (including phenoxy) is 1. The summed E-state index contributed by atoms with van der Waals surface area (Å²) >= 11 is 3.53. The van der Waals surface area contributed by atoms with Crippen molar-refractivity contribution >= 4 is 21.8 Å². The van der Waals surface area contributed by atoms with Crippen LogP contribution in [-0.4, -0.2) is 37.0 Å². The van der Waals surface area contributed by atoms with Gasteiger partial charge in [0.1, 0.15) is 5.75 Å². The molecule has 1 amide bonds. The lowest BCUT2D eigenvalue weighted by molar-refractivity contribution is -0.124. The monoisotopic (exact) mass is 338 g/mol. The van der Waals surface area contributed by atoms with Gasteiger partial charge in [-0.3, -0.25) is 9.69 Å². The molecule has 0 bridgehead atoms. The van der Waals surface area contributed by atoms with Gasteiger partial charge < -0.3 is 10.1 Å². The number of amides is 1. The Morgan fingerprint density at radius 2 is 2.35 bits per heavy atom. The number of nitrogens with zero attached hydrogens (tertiary/aromatic N) is 1. The smallest absolute Gasteiger partial charge is 0.224 e. The van der Waals surface area contributed by atoms with Crippen LogP contribution in [0.5, 0.6) is 5.75 Å². The number of piperidine rings is 1. The Bertz CT molecular complexity index is 521. The van der Waals surface area contributed by atoms with E-state index in [1.54, 1.807) is 7.11 Å². The van der Waals surface area contributed by atoms with Crippen molar-refractivity contribution < 1.29 is 9.53 Å². The predicted octanol–water partition coefficient (Wildman–Crippen LogP) is 2.17. The molecule has 2 aliphatic rings. The van der Waals surface area contributed by atoms with Crippen LogP contribution in [0.3, 0.4) is 0 Å². The van der Waals surface area contributed by atoms with E-state index >= 15 is 0 Å². The molecule has 1 aromatic rings. The van der Waals surface area contributed by atoms with Crippen molar-refractivity contribution in [2.24, 2.45) is 5.92 Å². The van der Waals surface area contributed by atoms with Crippen LogP contribution in [-0.2, 0) is 11.3 Å². The number of fused-ring (bicyclic) bond motifs is 1. The molecule has 4 nitrogen and oxygen atoms in total. The van der Waals surface area contributed by atoms with Crippen LogP contribution in [0.15, 0.2) is 22.7 Å². The van der Waals surface area contributed by atoms with Crippen LogP contribution in [0.2, 0.25) is 0 Å². The maximum atomic E-state index is 11.8. The SMILES string of the molecule is COc1ccc(CN2CCCC3C(=O)NCC32)cc1Br. The maximum Gasteiger partial charge on any atom is 0.224 e. The average Bonchev–Trinajstić information content (AvgIpc) is 2.82. The maximum absolute atomic E-state index is 11.8. The van der Waals surface area contributed by atoms with E-state index < -0.39 is 0 Å². The van der Waals surface area contributed by atoms with Gasteiger partial charge in [0.2, 0.25) is 5.91 Å². The fourth-order valence-electron chi connectivity index (χ4n) is 3.28. The molecule has 2 fully saturated rings. The second kappa shape index (κ2) is 5.74. The number of methoxy groups -OCH3 is 1. The second-order valence-electron chi connectivity index (χ2n) is 5.50. The third-order valence-electron chi connectivity index (χ3n) is 4.32. The number of halogens is 1. The van der Waals surface area contributed by atoms with Crippen LogP contribution in [0.1, 0.15) is 18.4 Å². The van der Waals surface area contributed by atoms with E-state index in [4.69, 9.17) is 4.74 Å². The van der Waals surface area contributed by atoms with Gasteiger partial charge in [0, 0.05) is 19.1 Å². The highest BCUT2D eigenvalue weighted by molar-refractivity contribution is 9.10. The van der Waals surface area contributed by atoms with Crippen molar-refractivity contribution in [1.82, 2.24) is 10.2 Å². The number of carbonyl (C=O) groups is 1. The van der Waals surface area contributed by atoms with Crippen LogP contribution >= 0.6 is 15.9 Å². The molecule has 0 radical (unpaired) electrons. The Kier molecular flexibility index (Phi) is 3.98. The van der Waals surface area contributed by atoms with Crippen molar-refractivity contribution in [3.05, 3.63) is 28.2 Å². The summed E-state index contributed by atoms with van der Waals surface area (Å²) in [5.41, 5.74) is 1.25. The summed E-state index contributed by atoms with van der Waals surface area (Å²) in [5.74, 6) is 1.27. The molecule has 20 heavy (non-hydrogen) atoms. The lowest BCUT2D eigenvalue weighted by Crippen LogP contribution is -2.44. The second-order valence-corrected chi connectivity index (χ2v) is 6.35. The molecule has 1 aromatic carbocycles. The minimum atomic E-state index is 0.186. The number of carbonyl (C=O) groups excluding carboxylic acids is 1. The van der Waals surface area contributed by atoms with Gasteiger partial charge >= 0.3 is 0 Å². The molecular formula is C15H19BrN2O2. The zero-order chi connectivity index (χ0) is 14.1. The number of benzene rings is 1. The van der Waals surface area contributed by atoms with Gasteiger partial charge in [0.25, 0.3) is 0 Å². The van der Waals surface area contributed by atoms with Crippen LogP contribution in [0.4, 0.5) is 0 Å². The highest BCUT2D eigenvalue weighted by Crippen LogP contribution is 2.30. The van der Waals surface area contributed by atoms with Gasteiger partial charge in [0.15, 0.2) is 0 Å².